The van der Waals surface area contributed by atoms with Crippen molar-refractivity contribution in [2.75, 3.05) is 7.11 Å². The molecule has 0 fully saturated rings. The summed E-state index contributed by atoms with van der Waals surface area (Å²) < 4.78 is 5.42. The zero-order valence-corrected chi connectivity index (χ0v) is 10.3. The standard InChI is InChI=1S/C13H18N2O/c1-5-9-6-7-10-11(8-9)15-12(14-10)13(2,3)16-4/h6-8H,5H2,1-4H3,(H,14,15). The number of fused-ring (bicyclic) bond motifs is 1. The molecule has 0 atom stereocenters. The van der Waals surface area contributed by atoms with E-state index in [1.807, 2.05) is 13.8 Å². The molecule has 3 nitrogen and oxygen atoms in total. The van der Waals surface area contributed by atoms with Gasteiger partial charge in [0, 0.05) is 7.11 Å². The third-order valence-corrected chi connectivity index (χ3v) is 3.04. The number of benzene rings is 1. The highest BCUT2D eigenvalue weighted by Gasteiger charge is 2.23. The van der Waals surface area contributed by atoms with Crippen molar-refractivity contribution in [3.63, 3.8) is 0 Å². The molecular formula is C13H18N2O. The van der Waals surface area contributed by atoms with Crippen LogP contribution in [0.15, 0.2) is 18.2 Å². The number of aromatic amines is 1. The Hall–Kier alpha value is -1.35. The molecule has 86 valence electrons. The van der Waals surface area contributed by atoms with Crippen LogP contribution in [0.2, 0.25) is 0 Å². The average molecular weight is 218 g/mol. The SMILES string of the molecule is CCc1ccc2nc(C(C)(C)OC)[nH]c2c1. The van der Waals surface area contributed by atoms with Crippen molar-refractivity contribution in [2.24, 2.45) is 0 Å². The number of methoxy groups -OCH3 is 1. The molecule has 0 bridgehead atoms. The Kier molecular flexibility index (Phi) is 2.72. The van der Waals surface area contributed by atoms with Crippen molar-refractivity contribution in [3.05, 3.63) is 29.6 Å². The van der Waals surface area contributed by atoms with E-state index in [0.29, 0.717) is 0 Å². The van der Waals surface area contributed by atoms with Crippen molar-refractivity contribution in [2.45, 2.75) is 32.8 Å². The van der Waals surface area contributed by atoms with E-state index in [-0.39, 0.29) is 5.60 Å². The topological polar surface area (TPSA) is 37.9 Å². The van der Waals surface area contributed by atoms with Gasteiger partial charge in [-0.25, -0.2) is 4.98 Å². The number of hydrogen-bond donors (Lipinski definition) is 1. The van der Waals surface area contributed by atoms with Crippen molar-refractivity contribution in [1.82, 2.24) is 9.97 Å². The molecule has 0 saturated carbocycles. The minimum atomic E-state index is -0.370. The molecule has 1 heterocycles. The number of hydrogen-bond acceptors (Lipinski definition) is 2. The van der Waals surface area contributed by atoms with Gasteiger partial charge in [0.25, 0.3) is 0 Å². The van der Waals surface area contributed by atoms with Gasteiger partial charge in [-0.2, -0.15) is 0 Å². The molecule has 1 aromatic carbocycles. The summed E-state index contributed by atoms with van der Waals surface area (Å²) in [6.45, 7) is 6.16. The second kappa shape index (κ2) is 3.91. The number of nitrogens with zero attached hydrogens (tertiary/aromatic N) is 1. The van der Waals surface area contributed by atoms with Gasteiger partial charge < -0.3 is 9.72 Å². The summed E-state index contributed by atoms with van der Waals surface area (Å²) in [4.78, 5) is 7.88. The first-order chi connectivity index (χ1) is 7.56. The lowest BCUT2D eigenvalue weighted by molar-refractivity contribution is 0.0124. The minimum absolute atomic E-state index is 0.370. The van der Waals surface area contributed by atoms with Gasteiger partial charge in [0.05, 0.1) is 11.0 Å². The maximum absolute atomic E-state index is 5.42. The maximum atomic E-state index is 5.42. The fourth-order valence-corrected chi connectivity index (χ4v) is 1.66. The number of nitrogens with one attached hydrogen (secondary N) is 1. The molecule has 0 aliphatic rings. The van der Waals surface area contributed by atoms with Gasteiger partial charge in [0.15, 0.2) is 0 Å². The Morgan fingerprint density at radius 2 is 2.12 bits per heavy atom. The number of aryl methyl sites for hydroxylation is 1. The summed E-state index contributed by atoms with van der Waals surface area (Å²) >= 11 is 0. The van der Waals surface area contributed by atoms with Crippen molar-refractivity contribution >= 4 is 11.0 Å². The van der Waals surface area contributed by atoms with Crippen molar-refractivity contribution in [3.8, 4) is 0 Å². The molecule has 2 rings (SSSR count). The third-order valence-electron chi connectivity index (χ3n) is 3.04. The van der Waals surface area contributed by atoms with E-state index in [1.165, 1.54) is 5.56 Å². The quantitative estimate of drug-likeness (QED) is 0.860. The predicted molar refractivity (Wildman–Crippen MR) is 65.5 cm³/mol. The highest BCUT2D eigenvalue weighted by Crippen LogP contribution is 2.24. The molecule has 2 aromatic rings. The normalized spacial score (nSPS) is 12.2. The van der Waals surface area contributed by atoms with Crippen LogP contribution in [0.5, 0.6) is 0 Å². The van der Waals surface area contributed by atoms with Crippen molar-refractivity contribution in [1.29, 1.82) is 0 Å². The Bertz CT molecular complexity index is 500. The van der Waals surface area contributed by atoms with Gasteiger partial charge in [-0.05, 0) is 38.0 Å². The molecule has 1 N–H and O–H groups in total. The molecule has 0 spiro atoms. The summed E-state index contributed by atoms with van der Waals surface area (Å²) in [5.41, 5.74) is 3.03. The van der Waals surface area contributed by atoms with Crippen LogP contribution in [-0.2, 0) is 16.8 Å². The second-order valence-corrected chi connectivity index (χ2v) is 4.50. The van der Waals surface area contributed by atoms with Crippen LogP contribution in [0.25, 0.3) is 11.0 Å². The zero-order chi connectivity index (χ0) is 11.8. The molecule has 3 heteroatoms. The molecular weight excluding hydrogens is 200 g/mol. The molecule has 0 unspecified atom stereocenters. The molecule has 16 heavy (non-hydrogen) atoms. The maximum Gasteiger partial charge on any atom is 0.139 e. The Balaban J connectivity index is 2.52. The minimum Gasteiger partial charge on any atom is -0.371 e. The highest BCUT2D eigenvalue weighted by atomic mass is 16.5. The zero-order valence-electron chi connectivity index (χ0n) is 10.3. The van der Waals surface area contributed by atoms with E-state index in [9.17, 15) is 0 Å². The van der Waals surface area contributed by atoms with E-state index >= 15 is 0 Å². The van der Waals surface area contributed by atoms with E-state index in [2.05, 4.69) is 35.1 Å². The monoisotopic (exact) mass is 218 g/mol. The van der Waals surface area contributed by atoms with Gasteiger partial charge in [-0.15, -0.1) is 0 Å². The third kappa shape index (κ3) is 1.83. The first-order valence-electron chi connectivity index (χ1n) is 5.61. The summed E-state index contributed by atoms with van der Waals surface area (Å²) in [6.07, 6.45) is 1.04. The van der Waals surface area contributed by atoms with E-state index in [0.717, 1.165) is 23.3 Å². The fraction of sp³-hybridized carbons (Fsp3) is 0.462. The van der Waals surface area contributed by atoms with E-state index < -0.39 is 0 Å². The van der Waals surface area contributed by atoms with Crippen LogP contribution in [-0.4, -0.2) is 17.1 Å². The van der Waals surface area contributed by atoms with E-state index in [4.69, 9.17) is 4.74 Å². The Morgan fingerprint density at radius 3 is 2.75 bits per heavy atom. The summed E-state index contributed by atoms with van der Waals surface area (Å²) in [5, 5.41) is 0. The van der Waals surface area contributed by atoms with Crippen LogP contribution in [0.3, 0.4) is 0 Å². The first-order valence-corrected chi connectivity index (χ1v) is 5.61. The smallest absolute Gasteiger partial charge is 0.139 e. The summed E-state index contributed by atoms with van der Waals surface area (Å²) in [5.74, 6) is 0.873. The lowest BCUT2D eigenvalue weighted by atomic mass is 10.1. The molecule has 1 aromatic heterocycles. The number of ether oxygens (including phenoxy) is 1. The molecule has 0 amide bonds. The summed E-state index contributed by atoms with van der Waals surface area (Å²) in [6, 6.07) is 6.32. The number of imidazole rings is 1. The lowest BCUT2D eigenvalue weighted by Crippen LogP contribution is -2.21. The van der Waals surface area contributed by atoms with Crippen LogP contribution in [0.4, 0.5) is 0 Å². The van der Waals surface area contributed by atoms with Gasteiger partial charge in [-0.1, -0.05) is 13.0 Å². The fourth-order valence-electron chi connectivity index (χ4n) is 1.66. The van der Waals surface area contributed by atoms with Crippen LogP contribution in [0.1, 0.15) is 32.2 Å². The van der Waals surface area contributed by atoms with E-state index in [1.54, 1.807) is 7.11 Å². The summed E-state index contributed by atoms with van der Waals surface area (Å²) in [7, 11) is 1.70. The molecule has 0 aliphatic heterocycles. The molecule has 0 saturated heterocycles. The molecule has 0 radical (unpaired) electrons. The largest absolute Gasteiger partial charge is 0.371 e. The van der Waals surface area contributed by atoms with Crippen molar-refractivity contribution < 1.29 is 4.74 Å². The van der Waals surface area contributed by atoms with Crippen LogP contribution < -0.4 is 0 Å². The molecule has 0 aliphatic carbocycles. The Labute approximate surface area is 95.8 Å². The Morgan fingerprint density at radius 1 is 1.38 bits per heavy atom. The lowest BCUT2D eigenvalue weighted by Gasteiger charge is -2.19. The van der Waals surface area contributed by atoms with Gasteiger partial charge in [-0.3, -0.25) is 0 Å². The first kappa shape index (κ1) is 11.1. The number of H-pyrrole nitrogens is 1. The van der Waals surface area contributed by atoms with Crippen LogP contribution >= 0.6 is 0 Å². The van der Waals surface area contributed by atoms with Gasteiger partial charge in [0.1, 0.15) is 11.4 Å². The van der Waals surface area contributed by atoms with Crippen LogP contribution in [0, 0.1) is 0 Å². The van der Waals surface area contributed by atoms with Gasteiger partial charge >= 0.3 is 0 Å². The number of rotatable bonds is 3. The highest BCUT2D eigenvalue weighted by molar-refractivity contribution is 5.76. The van der Waals surface area contributed by atoms with Gasteiger partial charge in [0.2, 0.25) is 0 Å². The predicted octanol–water partition coefficient (Wildman–Crippen LogP) is 3.01. The second-order valence-electron chi connectivity index (χ2n) is 4.50. The average Bonchev–Trinajstić information content (AvgIpc) is 2.72. The number of aromatic nitrogens is 2.